The molecular formula is C14H18ClFN4. The predicted octanol–water partition coefficient (Wildman–Crippen LogP) is 2.75. The Labute approximate surface area is 122 Å². The Hall–Kier alpha value is -1.43. The minimum Gasteiger partial charge on any atom is -0.271 e. The van der Waals surface area contributed by atoms with Crippen molar-refractivity contribution in [1.29, 1.82) is 0 Å². The van der Waals surface area contributed by atoms with Gasteiger partial charge in [0.2, 0.25) is 0 Å². The third-order valence-electron chi connectivity index (χ3n) is 3.25. The van der Waals surface area contributed by atoms with Crippen LogP contribution in [-0.2, 0) is 13.0 Å². The first-order valence-corrected chi connectivity index (χ1v) is 6.87. The van der Waals surface area contributed by atoms with Crippen molar-refractivity contribution in [3.05, 3.63) is 52.1 Å². The fourth-order valence-electron chi connectivity index (χ4n) is 2.25. The van der Waals surface area contributed by atoms with Gasteiger partial charge in [0.1, 0.15) is 5.82 Å². The highest BCUT2D eigenvalue weighted by Crippen LogP contribution is 2.23. The number of hydrazine groups is 1. The van der Waals surface area contributed by atoms with Crippen molar-refractivity contribution >= 4 is 11.6 Å². The van der Waals surface area contributed by atoms with Crippen molar-refractivity contribution in [1.82, 2.24) is 15.2 Å². The molecule has 6 heteroatoms. The third-order valence-corrected chi connectivity index (χ3v) is 3.54. The monoisotopic (exact) mass is 296 g/mol. The van der Waals surface area contributed by atoms with Crippen LogP contribution in [0.5, 0.6) is 0 Å². The van der Waals surface area contributed by atoms with Gasteiger partial charge in [-0.25, -0.2) is 4.39 Å². The highest BCUT2D eigenvalue weighted by molar-refractivity contribution is 6.30. The lowest BCUT2D eigenvalue weighted by molar-refractivity contribution is 0.515. The summed E-state index contributed by atoms with van der Waals surface area (Å²) in [5.74, 6) is 5.19. The number of aromatic nitrogens is 2. The van der Waals surface area contributed by atoms with Crippen LogP contribution in [0.1, 0.15) is 29.9 Å². The van der Waals surface area contributed by atoms with Gasteiger partial charge >= 0.3 is 0 Å². The van der Waals surface area contributed by atoms with Crippen LogP contribution >= 0.6 is 11.6 Å². The van der Waals surface area contributed by atoms with Crippen LogP contribution in [0.4, 0.5) is 4.39 Å². The molecule has 0 saturated heterocycles. The minimum atomic E-state index is -0.430. The van der Waals surface area contributed by atoms with Crippen molar-refractivity contribution in [2.24, 2.45) is 5.84 Å². The van der Waals surface area contributed by atoms with Crippen LogP contribution in [0.15, 0.2) is 24.3 Å². The first-order chi connectivity index (χ1) is 9.55. The van der Waals surface area contributed by atoms with Crippen LogP contribution in [0.3, 0.4) is 0 Å². The van der Waals surface area contributed by atoms with E-state index in [-0.39, 0.29) is 11.1 Å². The van der Waals surface area contributed by atoms with Crippen LogP contribution in [0, 0.1) is 12.7 Å². The van der Waals surface area contributed by atoms with E-state index in [1.165, 1.54) is 6.07 Å². The second-order valence-electron chi connectivity index (χ2n) is 4.69. The lowest BCUT2D eigenvalue weighted by Crippen LogP contribution is -2.30. The van der Waals surface area contributed by atoms with Crippen LogP contribution in [0.2, 0.25) is 5.02 Å². The average molecular weight is 297 g/mol. The van der Waals surface area contributed by atoms with Crippen LogP contribution < -0.4 is 11.3 Å². The number of aryl methyl sites for hydroxylation is 2. The zero-order valence-electron chi connectivity index (χ0n) is 11.5. The third kappa shape index (κ3) is 3.17. The second kappa shape index (κ2) is 6.35. The highest BCUT2D eigenvalue weighted by atomic mass is 35.5. The van der Waals surface area contributed by atoms with Gasteiger partial charge in [0.05, 0.1) is 16.8 Å². The fourth-order valence-corrected chi connectivity index (χ4v) is 2.44. The normalized spacial score (nSPS) is 12.7. The summed E-state index contributed by atoms with van der Waals surface area (Å²) in [6.07, 6.45) is 0.660. The van der Waals surface area contributed by atoms with Crippen molar-refractivity contribution in [2.75, 3.05) is 0 Å². The van der Waals surface area contributed by atoms with Gasteiger partial charge in [-0.2, -0.15) is 5.10 Å². The summed E-state index contributed by atoms with van der Waals surface area (Å²) in [6, 6.07) is 6.52. The molecule has 2 rings (SSSR count). The smallest absolute Gasteiger partial charge is 0.141 e. The van der Waals surface area contributed by atoms with E-state index in [9.17, 15) is 4.39 Å². The minimum absolute atomic E-state index is 0.0999. The van der Waals surface area contributed by atoms with Gasteiger partial charge in [-0.15, -0.1) is 0 Å². The van der Waals surface area contributed by atoms with Gasteiger partial charge in [-0.3, -0.25) is 16.0 Å². The van der Waals surface area contributed by atoms with Crippen molar-refractivity contribution in [3.8, 4) is 0 Å². The maximum atomic E-state index is 13.2. The molecule has 0 bridgehead atoms. The molecule has 0 saturated carbocycles. The molecule has 1 unspecified atom stereocenters. The SMILES string of the molecule is CCn1nc(C)cc1CC(NN)c1ccc(F)c(Cl)c1. The molecule has 0 aliphatic heterocycles. The number of benzene rings is 1. The predicted molar refractivity (Wildman–Crippen MR) is 77.8 cm³/mol. The first-order valence-electron chi connectivity index (χ1n) is 6.49. The molecule has 3 N–H and O–H groups in total. The number of rotatable bonds is 5. The molecule has 20 heavy (non-hydrogen) atoms. The van der Waals surface area contributed by atoms with Crippen molar-refractivity contribution in [3.63, 3.8) is 0 Å². The Morgan fingerprint density at radius 1 is 1.45 bits per heavy atom. The molecule has 108 valence electrons. The van der Waals surface area contributed by atoms with Crippen LogP contribution in [0.25, 0.3) is 0 Å². The molecule has 1 aromatic heterocycles. The van der Waals surface area contributed by atoms with Gasteiger partial charge in [-0.05, 0) is 37.6 Å². The zero-order chi connectivity index (χ0) is 14.7. The number of hydrogen-bond donors (Lipinski definition) is 2. The lowest BCUT2D eigenvalue weighted by atomic mass is 10.0. The maximum Gasteiger partial charge on any atom is 0.141 e. The Morgan fingerprint density at radius 3 is 2.80 bits per heavy atom. The van der Waals surface area contributed by atoms with E-state index in [1.54, 1.807) is 12.1 Å². The lowest BCUT2D eigenvalue weighted by Gasteiger charge is -2.17. The summed E-state index contributed by atoms with van der Waals surface area (Å²) in [6.45, 7) is 4.79. The molecule has 1 heterocycles. The molecule has 0 amide bonds. The van der Waals surface area contributed by atoms with Gasteiger partial charge in [-0.1, -0.05) is 17.7 Å². The summed E-state index contributed by atoms with van der Waals surface area (Å²) in [5, 5.41) is 4.50. The van der Waals surface area contributed by atoms with E-state index in [0.29, 0.717) is 6.42 Å². The Balaban J connectivity index is 2.26. The zero-order valence-corrected chi connectivity index (χ0v) is 12.3. The number of nitrogens with zero attached hydrogens (tertiary/aromatic N) is 2. The van der Waals surface area contributed by atoms with E-state index in [0.717, 1.165) is 23.5 Å². The topological polar surface area (TPSA) is 55.9 Å². The maximum absolute atomic E-state index is 13.2. The molecule has 1 aromatic carbocycles. The van der Waals surface area contributed by atoms with E-state index >= 15 is 0 Å². The van der Waals surface area contributed by atoms with E-state index in [1.807, 2.05) is 24.6 Å². The molecule has 1 atom stereocenters. The van der Waals surface area contributed by atoms with Gasteiger partial charge in [0.25, 0.3) is 0 Å². The number of halogens is 2. The quantitative estimate of drug-likeness (QED) is 0.659. The molecule has 0 spiro atoms. The van der Waals surface area contributed by atoms with Crippen LogP contribution in [-0.4, -0.2) is 9.78 Å². The fraction of sp³-hybridized carbons (Fsp3) is 0.357. The Kier molecular flexibility index (Phi) is 4.75. The molecular weight excluding hydrogens is 279 g/mol. The summed E-state index contributed by atoms with van der Waals surface area (Å²) in [5.41, 5.74) is 5.64. The molecule has 0 fully saturated rings. The molecule has 0 radical (unpaired) electrons. The summed E-state index contributed by atoms with van der Waals surface area (Å²) < 4.78 is 15.2. The largest absolute Gasteiger partial charge is 0.271 e. The van der Waals surface area contributed by atoms with E-state index in [4.69, 9.17) is 17.4 Å². The number of hydrogen-bond acceptors (Lipinski definition) is 3. The van der Waals surface area contributed by atoms with Crippen molar-refractivity contribution < 1.29 is 4.39 Å². The number of nitrogens with one attached hydrogen (secondary N) is 1. The number of nitrogens with two attached hydrogens (primary N) is 1. The summed E-state index contributed by atoms with van der Waals surface area (Å²) >= 11 is 5.82. The molecule has 2 aromatic rings. The molecule has 4 nitrogen and oxygen atoms in total. The summed E-state index contributed by atoms with van der Waals surface area (Å²) in [7, 11) is 0. The highest BCUT2D eigenvalue weighted by Gasteiger charge is 2.15. The van der Waals surface area contributed by atoms with E-state index in [2.05, 4.69) is 10.5 Å². The Bertz CT molecular complexity index is 597. The molecule has 0 aliphatic carbocycles. The summed E-state index contributed by atoms with van der Waals surface area (Å²) in [4.78, 5) is 0. The second-order valence-corrected chi connectivity index (χ2v) is 5.10. The standard InChI is InChI=1S/C14H18ClFN4/c1-3-20-11(6-9(2)19-20)8-14(18-17)10-4-5-13(16)12(15)7-10/h4-7,14,18H,3,8,17H2,1-2H3. The average Bonchev–Trinajstić information content (AvgIpc) is 2.79. The van der Waals surface area contributed by atoms with Gasteiger partial charge in [0, 0.05) is 18.7 Å². The van der Waals surface area contributed by atoms with Crippen molar-refractivity contribution in [2.45, 2.75) is 32.9 Å². The Morgan fingerprint density at radius 2 is 2.20 bits per heavy atom. The van der Waals surface area contributed by atoms with E-state index < -0.39 is 5.82 Å². The molecule has 0 aliphatic rings. The van der Waals surface area contributed by atoms with Gasteiger partial charge in [0.15, 0.2) is 0 Å². The first kappa shape index (κ1) is 15.0. The van der Waals surface area contributed by atoms with Gasteiger partial charge < -0.3 is 0 Å².